The third kappa shape index (κ3) is 1.83. The van der Waals surface area contributed by atoms with Gasteiger partial charge >= 0.3 is 0 Å². The maximum atomic E-state index is 5.46. The lowest BCUT2D eigenvalue weighted by atomic mass is 10.4. The molecule has 4 nitrogen and oxygen atoms in total. The van der Waals surface area contributed by atoms with E-state index in [1.54, 1.807) is 23.8 Å². The molecule has 0 aliphatic rings. The lowest BCUT2D eigenvalue weighted by molar-refractivity contribution is 0.497. The molecule has 0 bridgehead atoms. The summed E-state index contributed by atoms with van der Waals surface area (Å²) >= 11 is 1.68. The van der Waals surface area contributed by atoms with Crippen LogP contribution in [-0.2, 0) is 6.54 Å². The predicted molar refractivity (Wildman–Crippen MR) is 78.7 cm³/mol. The summed E-state index contributed by atoms with van der Waals surface area (Å²) in [4.78, 5) is 10.3. The molecule has 0 aliphatic carbocycles. The van der Waals surface area contributed by atoms with Crippen molar-refractivity contribution >= 4 is 22.5 Å². The zero-order valence-corrected chi connectivity index (χ0v) is 11.4. The maximum absolute atomic E-state index is 5.46. The molecule has 0 N–H and O–H groups in total. The molecule has 0 aromatic carbocycles. The van der Waals surface area contributed by atoms with E-state index in [4.69, 9.17) is 9.40 Å². The van der Waals surface area contributed by atoms with Crippen LogP contribution in [0.2, 0.25) is 0 Å². The predicted octanol–water partition coefficient (Wildman–Crippen LogP) is 3.80. The molecule has 0 unspecified atom stereocenters. The molecule has 0 amide bonds. The van der Waals surface area contributed by atoms with Crippen molar-refractivity contribution in [2.75, 3.05) is 0 Å². The molecule has 5 heteroatoms. The van der Waals surface area contributed by atoms with E-state index < -0.39 is 0 Å². The molecule has 0 saturated carbocycles. The maximum Gasteiger partial charge on any atom is 0.160 e. The van der Waals surface area contributed by atoms with E-state index >= 15 is 0 Å². The van der Waals surface area contributed by atoms with E-state index in [1.165, 1.54) is 0 Å². The zero-order valence-electron chi connectivity index (χ0n) is 10.6. The summed E-state index contributed by atoms with van der Waals surface area (Å²) in [6.45, 7) is 0.633. The van der Waals surface area contributed by atoms with Gasteiger partial charge in [0.05, 0.1) is 17.7 Å². The molecule has 0 aliphatic heterocycles. The van der Waals surface area contributed by atoms with Gasteiger partial charge in [-0.2, -0.15) is 0 Å². The largest absolute Gasteiger partial charge is 0.467 e. The molecular weight excluding hydrogens is 270 g/mol. The summed E-state index contributed by atoms with van der Waals surface area (Å²) in [5, 5.41) is 2.05. The molecule has 98 valence electrons. The molecule has 0 saturated heterocycles. The van der Waals surface area contributed by atoms with E-state index in [9.17, 15) is 0 Å². The fourth-order valence-electron chi connectivity index (χ4n) is 2.26. The Morgan fingerprint density at radius 2 is 2.15 bits per heavy atom. The average Bonchev–Trinajstić information content (AvgIpc) is 3.19. The number of rotatable bonds is 3. The summed E-state index contributed by atoms with van der Waals surface area (Å²) in [6.07, 6.45) is 3.48. The molecule has 4 rings (SSSR count). The van der Waals surface area contributed by atoms with Crippen molar-refractivity contribution in [3.05, 3.63) is 60.0 Å². The zero-order chi connectivity index (χ0) is 13.4. The number of pyridine rings is 1. The van der Waals surface area contributed by atoms with E-state index in [2.05, 4.69) is 21.0 Å². The average molecular weight is 281 g/mol. The molecule has 0 atom stereocenters. The Morgan fingerprint density at radius 1 is 1.15 bits per heavy atom. The molecule has 0 fully saturated rings. The van der Waals surface area contributed by atoms with Gasteiger partial charge in [-0.3, -0.25) is 0 Å². The molecule has 4 heterocycles. The summed E-state index contributed by atoms with van der Waals surface area (Å²) in [6, 6.07) is 11.9. The van der Waals surface area contributed by atoms with Crippen molar-refractivity contribution in [1.29, 1.82) is 0 Å². The number of imidazole rings is 1. The van der Waals surface area contributed by atoms with Crippen molar-refractivity contribution in [3.63, 3.8) is 0 Å². The third-order valence-corrected chi connectivity index (χ3v) is 4.01. The number of hydrogen-bond donors (Lipinski definition) is 0. The van der Waals surface area contributed by atoms with Crippen molar-refractivity contribution < 1.29 is 4.42 Å². The minimum Gasteiger partial charge on any atom is -0.467 e. The van der Waals surface area contributed by atoms with Crippen LogP contribution in [0.3, 0.4) is 0 Å². The van der Waals surface area contributed by atoms with E-state index in [0.29, 0.717) is 6.54 Å². The molecule has 4 aromatic heterocycles. The summed E-state index contributed by atoms with van der Waals surface area (Å²) in [5.74, 6) is 1.83. The second-order valence-electron chi connectivity index (χ2n) is 4.42. The van der Waals surface area contributed by atoms with Gasteiger partial charge in [0.25, 0.3) is 0 Å². The Labute approximate surface area is 119 Å². The molecular formula is C15H11N3OS. The quantitative estimate of drug-likeness (QED) is 0.573. The smallest absolute Gasteiger partial charge is 0.160 e. The molecule has 4 aromatic rings. The van der Waals surface area contributed by atoms with Gasteiger partial charge in [-0.25, -0.2) is 9.97 Å². The van der Waals surface area contributed by atoms with Crippen LogP contribution in [0.1, 0.15) is 5.76 Å². The summed E-state index contributed by atoms with van der Waals surface area (Å²) in [7, 11) is 0. The van der Waals surface area contributed by atoms with Gasteiger partial charge in [-0.1, -0.05) is 6.07 Å². The van der Waals surface area contributed by atoms with Gasteiger partial charge in [0.1, 0.15) is 11.3 Å². The lowest BCUT2D eigenvalue weighted by Crippen LogP contribution is -2.01. The van der Waals surface area contributed by atoms with Crippen LogP contribution in [0, 0.1) is 0 Å². The van der Waals surface area contributed by atoms with Gasteiger partial charge in [0.2, 0.25) is 0 Å². The van der Waals surface area contributed by atoms with Crippen molar-refractivity contribution in [2.24, 2.45) is 0 Å². The normalized spacial score (nSPS) is 11.2. The Kier molecular flexibility index (Phi) is 2.63. The number of aromatic nitrogens is 3. The second-order valence-corrected chi connectivity index (χ2v) is 5.37. The Morgan fingerprint density at radius 3 is 2.95 bits per heavy atom. The van der Waals surface area contributed by atoms with E-state index in [1.807, 2.05) is 30.3 Å². The first kappa shape index (κ1) is 11.4. The van der Waals surface area contributed by atoms with E-state index in [0.717, 1.165) is 27.6 Å². The first-order valence-corrected chi connectivity index (χ1v) is 7.17. The van der Waals surface area contributed by atoms with Crippen LogP contribution in [0.4, 0.5) is 0 Å². The van der Waals surface area contributed by atoms with Crippen LogP contribution >= 0.6 is 11.3 Å². The minimum atomic E-state index is 0.633. The number of thiophene rings is 1. The van der Waals surface area contributed by atoms with Crippen LogP contribution in [0.15, 0.2) is 58.7 Å². The first-order valence-electron chi connectivity index (χ1n) is 6.29. The Balaban J connectivity index is 1.93. The van der Waals surface area contributed by atoms with E-state index in [-0.39, 0.29) is 0 Å². The monoisotopic (exact) mass is 281 g/mol. The van der Waals surface area contributed by atoms with Gasteiger partial charge < -0.3 is 8.98 Å². The van der Waals surface area contributed by atoms with Gasteiger partial charge in [-0.05, 0) is 35.7 Å². The fourth-order valence-corrected chi connectivity index (χ4v) is 2.98. The SMILES string of the molecule is c1coc(Cn2c(-c3cccs3)nc3cccnc32)c1. The highest BCUT2D eigenvalue weighted by molar-refractivity contribution is 7.13. The van der Waals surface area contributed by atoms with Gasteiger partial charge in [-0.15, -0.1) is 11.3 Å². The van der Waals surface area contributed by atoms with Crippen molar-refractivity contribution in [3.8, 4) is 10.7 Å². The lowest BCUT2D eigenvalue weighted by Gasteiger charge is -2.05. The standard InChI is InChI=1S/C15H11N3OS/c1-5-12-14(16-7-1)18(10-11-4-2-8-19-11)15(17-12)13-6-3-9-20-13/h1-9H,10H2. The van der Waals surface area contributed by atoms with Crippen LogP contribution < -0.4 is 0 Å². The fraction of sp³-hybridized carbons (Fsp3) is 0.0667. The molecule has 20 heavy (non-hydrogen) atoms. The van der Waals surface area contributed by atoms with Crippen molar-refractivity contribution in [1.82, 2.24) is 14.5 Å². The number of nitrogens with zero attached hydrogens (tertiary/aromatic N) is 3. The minimum absolute atomic E-state index is 0.633. The Bertz CT molecular complexity index is 831. The highest BCUT2D eigenvalue weighted by Crippen LogP contribution is 2.28. The van der Waals surface area contributed by atoms with Gasteiger partial charge in [0, 0.05) is 6.20 Å². The highest BCUT2D eigenvalue weighted by atomic mass is 32.1. The van der Waals surface area contributed by atoms with Gasteiger partial charge in [0.15, 0.2) is 11.5 Å². The highest BCUT2D eigenvalue weighted by Gasteiger charge is 2.15. The Hall–Kier alpha value is -2.40. The number of hydrogen-bond acceptors (Lipinski definition) is 4. The van der Waals surface area contributed by atoms with Crippen LogP contribution in [-0.4, -0.2) is 14.5 Å². The molecule has 0 spiro atoms. The summed E-state index contributed by atoms with van der Waals surface area (Å²) in [5.41, 5.74) is 1.79. The van der Waals surface area contributed by atoms with Crippen molar-refractivity contribution in [2.45, 2.75) is 6.54 Å². The van der Waals surface area contributed by atoms with Crippen LogP contribution in [0.25, 0.3) is 21.9 Å². The van der Waals surface area contributed by atoms with Crippen LogP contribution in [0.5, 0.6) is 0 Å². The topological polar surface area (TPSA) is 43.9 Å². The summed E-state index contributed by atoms with van der Waals surface area (Å²) < 4.78 is 7.55. The second kappa shape index (κ2) is 4.61. The number of fused-ring (bicyclic) bond motifs is 1. The third-order valence-electron chi connectivity index (χ3n) is 3.14. The molecule has 0 radical (unpaired) electrons. The first-order chi connectivity index (χ1) is 9.92. The number of furan rings is 1.